The third kappa shape index (κ3) is 0.934. The number of nitrogens with zero attached hydrogens (tertiary/aromatic N) is 2. The summed E-state index contributed by atoms with van der Waals surface area (Å²) in [7, 11) is 0. The van der Waals surface area contributed by atoms with E-state index in [4.69, 9.17) is 5.11 Å². The van der Waals surface area contributed by atoms with Crippen LogP contribution in [-0.4, -0.2) is 20.5 Å². The van der Waals surface area contributed by atoms with Gasteiger partial charge in [0, 0.05) is 6.20 Å². The first-order valence-electron chi connectivity index (χ1n) is 3.42. The molecule has 0 amide bonds. The Hall–Kier alpha value is -1.84. The molecule has 0 saturated heterocycles. The van der Waals surface area contributed by atoms with Gasteiger partial charge in [-0.15, -0.1) is 0 Å². The maximum absolute atomic E-state index is 10.5. The highest BCUT2D eigenvalue weighted by atomic mass is 16.4. The molecule has 4 heteroatoms. The summed E-state index contributed by atoms with van der Waals surface area (Å²) in [6, 6.07) is 3.27. The Balaban J connectivity index is 2.68. The summed E-state index contributed by atoms with van der Waals surface area (Å²) < 4.78 is 1.67. The minimum Gasteiger partial charge on any atom is -0.478 e. The molecule has 0 saturated carbocycles. The van der Waals surface area contributed by atoms with Crippen LogP contribution in [0.4, 0.5) is 0 Å². The highest BCUT2D eigenvalue weighted by molar-refractivity contribution is 5.87. The van der Waals surface area contributed by atoms with Gasteiger partial charge in [-0.05, 0) is 12.1 Å². The van der Waals surface area contributed by atoms with E-state index < -0.39 is 5.97 Å². The second kappa shape index (κ2) is 2.34. The number of carbonyl (C=O) groups is 1. The summed E-state index contributed by atoms with van der Waals surface area (Å²) in [5, 5.41) is 8.65. The average molecular weight is 162 g/mol. The number of rotatable bonds is 1. The van der Waals surface area contributed by atoms with Gasteiger partial charge in [0.05, 0.1) is 23.6 Å². The fourth-order valence-corrected chi connectivity index (χ4v) is 1.05. The molecular weight excluding hydrogens is 156 g/mol. The standard InChI is InChI=1S/C8H6N2O2/c11-8(12)6-1-2-7-3-9-5-10(7)4-6/h1-5H,(H,11,12). The molecule has 1 N–H and O–H groups in total. The fraction of sp³-hybridized carbons (Fsp3) is 0. The van der Waals surface area contributed by atoms with E-state index >= 15 is 0 Å². The van der Waals surface area contributed by atoms with Crippen LogP contribution in [0.25, 0.3) is 5.52 Å². The molecule has 2 rings (SSSR count). The number of imidazole rings is 1. The molecule has 2 aromatic heterocycles. The zero-order valence-electron chi connectivity index (χ0n) is 6.14. The highest BCUT2D eigenvalue weighted by Crippen LogP contribution is 2.04. The van der Waals surface area contributed by atoms with Crippen molar-refractivity contribution in [3.05, 3.63) is 36.4 Å². The summed E-state index contributed by atoms with van der Waals surface area (Å²) in [5.74, 6) is -0.925. The number of aromatic nitrogens is 2. The maximum Gasteiger partial charge on any atom is 0.337 e. The summed E-state index contributed by atoms with van der Waals surface area (Å²) in [6.07, 6.45) is 4.78. The first kappa shape index (κ1) is 6.84. The van der Waals surface area contributed by atoms with Crippen molar-refractivity contribution in [1.82, 2.24) is 9.38 Å². The Labute approximate surface area is 68.1 Å². The summed E-state index contributed by atoms with van der Waals surface area (Å²) in [4.78, 5) is 14.4. The minimum absolute atomic E-state index is 0.264. The predicted octanol–water partition coefficient (Wildman–Crippen LogP) is 1.03. The van der Waals surface area contributed by atoms with Gasteiger partial charge >= 0.3 is 5.97 Å². The summed E-state index contributed by atoms with van der Waals surface area (Å²) in [6.45, 7) is 0. The molecule has 2 heterocycles. The molecule has 0 bridgehead atoms. The van der Waals surface area contributed by atoms with Gasteiger partial charge in [-0.1, -0.05) is 0 Å². The lowest BCUT2D eigenvalue weighted by Gasteiger charge is -1.95. The number of pyridine rings is 1. The Morgan fingerprint density at radius 3 is 3.08 bits per heavy atom. The molecule has 60 valence electrons. The van der Waals surface area contributed by atoms with Crippen LogP contribution in [0.2, 0.25) is 0 Å². The van der Waals surface area contributed by atoms with E-state index in [0.29, 0.717) is 0 Å². The Kier molecular flexibility index (Phi) is 1.33. The quantitative estimate of drug-likeness (QED) is 0.681. The normalized spacial score (nSPS) is 10.3. The van der Waals surface area contributed by atoms with Crippen LogP contribution in [-0.2, 0) is 0 Å². The molecule has 0 aliphatic heterocycles. The minimum atomic E-state index is -0.925. The van der Waals surface area contributed by atoms with E-state index in [1.807, 2.05) is 0 Å². The molecule has 0 aliphatic rings. The van der Waals surface area contributed by atoms with Crippen molar-refractivity contribution < 1.29 is 9.90 Å². The number of hydrogen-bond donors (Lipinski definition) is 1. The molecule has 0 aromatic carbocycles. The third-order valence-electron chi connectivity index (χ3n) is 1.65. The van der Waals surface area contributed by atoms with Crippen LogP contribution in [0.15, 0.2) is 30.9 Å². The number of hydrogen-bond acceptors (Lipinski definition) is 2. The molecule has 4 nitrogen and oxygen atoms in total. The van der Waals surface area contributed by atoms with Crippen LogP contribution in [0.3, 0.4) is 0 Å². The van der Waals surface area contributed by atoms with Gasteiger partial charge in [0.15, 0.2) is 0 Å². The zero-order valence-corrected chi connectivity index (χ0v) is 6.14. The second-order valence-corrected chi connectivity index (χ2v) is 2.45. The predicted molar refractivity (Wildman–Crippen MR) is 42.2 cm³/mol. The largest absolute Gasteiger partial charge is 0.478 e. The van der Waals surface area contributed by atoms with Crippen LogP contribution < -0.4 is 0 Å². The van der Waals surface area contributed by atoms with Crippen molar-refractivity contribution in [2.75, 3.05) is 0 Å². The zero-order chi connectivity index (χ0) is 8.55. The van der Waals surface area contributed by atoms with Crippen LogP contribution >= 0.6 is 0 Å². The highest BCUT2D eigenvalue weighted by Gasteiger charge is 2.02. The van der Waals surface area contributed by atoms with E-state index in [9.17, 15) is 4.79 Å². The fourth-order valence-electron chi connectivity index (χ4n) is 1.05. The Morgan fingerprint density at radius 2 is 2.33 bits per heavy atom. The van der Waals surface area contributed by atoms with Gasteiger partial charge in [-0.25, -0.2) is 9.78 Å². The van der Waals surface area contributed by atoms with E-state index in [-0.39, 0.29) is 5.56 Å². The van der Waals surface area contributed by atoms with Crippen molar-refractivity contribution in [1.29, 1.82) is 0 Å². The van der Waals surface area contributed by atoms with Crippen LogP contribution in [0.1, 0.15) is 10.4 Å². The summed E-state index contributed by atoms with van der Waals surface area (Å²) >= 11 is 0. The van der Waals surface area contributed by atoms with E-state index in [0.717, 1.165) is 5.52 Å². The van der Waals surface area contributed by atoms with Crippen molar-refractivity contribution in [3.63, 3.8) is 0 Å². The van der Waals surface area contributed by atoms with Crippen molar-refractivity contribution >= 4 is 11.5 Å². The molecule has 0 atom stereocenters. The first-order chi connectivity index (χ1) is 5.77. The topological polar surface area (TPSA) is 54.6 Å². The second-order valence-electron chi connectivity index (χ2n) is 2.45. The average Bonchev–Trinajstić information content (AvgIpc) is 2.49. The molecule has 12 heavy (non-hydrogen) atoms. The SMILES string of the molecule is O=C(O)c1ccc2cncn2c1. The van der Waals surface area contributed by atoms with E-state index in [1.165, 1.54) is 6.20 Å². The van der Waals surface area contributed by atoms with Crippen molar-refractivity contribution in [2.24, 2.45) is 0 Å². The van der Waals surface area contributed by atoms with Crippen molar-refractivity contribution in [2.45, 2.75) is 0 Å². The smallest absolute Gasteiger partial charge is 0.337 e. The first-order valence-corrected chi connectivity index (χ1v) is 3.42. The third-order valence-corrected chi connectivity index (χ3v) is 1.65. The van der Waals surface area contributed by atoms with Gasteiger partial charge in [0.1, 0.15) is 0 Å². The molecule has 0 radical (unpaired) electrons. The van der Waals surface area contributed by atoms with Crippen LogP contribution in [0, 0.1) is 0 Å². The molecular formula is C8H6N2O2. The number of carboxylic acid groups (broad SMARTS) is 1. The van der Waals surface area contributed by atoms with Crippen LogP contribution in [0.5, 0.6) is 0 Å². The van der Waals surface area contributed by atoms with Crippen molar-refractivity contribution in [3.8, 4) is 0 Å². The van der Waals surface area contributed by atoms with Gasteiger partial charge < -0.3 is 9.51 Å². The summed E-state index contributed by atoms with van der Waals surface area (Å²) in [5.41, 5.74) is 1.15. The Morgan fingerprint density at radius 1 is 1.50 bits per heavy atom. The Bertz CT molecular complexity index is 433. The van der Waals surface area contributed by atoms with Gasteiger partial charge in [-0.3, -0.25) is 0 Å². The molecule has 0 unspecified atom stereocenters. The molecule has 2 aromatic rings. The lowest BCUT2D eigenvalue weighted by atomic mass is 10.3. The number of carboxylic acids is 1. The van der Waals surface area contributed by atoms with E-state index in [1.54, 1.807) is 29.1 Å². The van der Waals surface area contributed by atoms with Gasteiger partial charge in [0.25, 0.3) is 0 Å². The maximum atomic E-state index is 10.5. The van der Waals surface area contributed by atoms with E-state index in [2.05, 4.69) is 4.98 Å². The molecule has 0 fully saturated rings. The van der Waals surface area contributed by atoms with Gasteiger partial charge in [0.2, 0.25) is 0 Å². The lowest BCUT2D eigenvalue weighted by Crippen LogP contribution is -1.97. The monoisotopic (exact) mass is 162 g/mol. The number of aromatic carboxylic acids is 1. The lowest BCUT2D eigenvalue weighted by molar-refractivity contribution is 0.0696. The molecule has 0 aliphatic carbocycles. The van der Waals surface area contributed by atoms with Gasteiger partial charge in [-0.2, -0.15) is 0 Å². The number of fused-ring (bicyclic) bond motifs is 1. The molecule has 0 spiro atoms.